The molecule has 0 bridgehead atoms. The Hall–Kier alpha value is -1.37. The second-order valence-electron chi connectivity index (χ2n) is 4.67. The van der Waals surface area contributed by atoms with Crippen molar-refractivity contribution in [1.29, 1.82) is 0 Å². The topological polar surface area (TPSA) is 83.1 Å². The first-order valence-corrected chi connectivity index (χ1v) is 6.44. The van der Waals surface area contributed by atoms with E-state index in [1.165, 1.54) is 6.07 Å². The highest BCUT2D eigenvalue weighted by Crippen LogP contribution is 2.16. The molecule has 2 N–H and O–H groups in total. The molecular weight excluding hydrogens is 250 g/mol. The van der Waals surface area contributed by atoms with Crippen LogP contribution in [0.2, 0.25) is 0 Å². The second kappa shape index (κ2) is 6.70. The lowest BCUT2D eigenvalue weighted by Crippen LogP contribution is -2.37. The van der Waals surface area contributed by atoms with E-state index in [9.17, 15) is 4.79 Å². The van der Waals surface area contributed by atoms with Gasteiger partial charge in [-0.25, -0.2) is 0 Å². The molecule has 1 saturated heterocycles. The van der Waals surface area contributed by atoms with Gasteiger partial charge in [0, 0.05) is 19.2 Å². The van der Waals surface area contributed by atoms with E-state index in [4.69, 9.17) is 19.4 Å². The predicted octanol–water partition coefficient (Wildman–Crippen LogP) is 0.319. The number of ether oxygens (including phenoxy) is 1. The molecule has 0 aliphatic carbocycles. The van der Waals surface area contributed by atoms with Crippen LogP contribution in [0, 0.1) is 0 Å². The van der Waals surface area contributed by atoms with Gasteiger partial charge in [0.1, 0.15) is 12.0 Å². The zero-order valence-corrected chi connectivity index (χ0v) is 10.7. The summed E-state index contributed by atoms with van der Waals surface area (Å²) >= 11 is 0. The third kappa shape index (κ3) is 4.05. The lowest BCUT2D eigenvalue weighted by atomic mass is 10.1. The van der Waals surface area contributed by atoms with Crippen LogP contribution in [0.1, 0.15) is 18.6 Å². The highest BCUT2D eigenvalue weighted by Gasteiger charge is 2.20. The zero-order chi connectivity index (χ0) is 13.7. The summed E-state index contributed by atoms with van der Waals surface area (Å²) in [5.41, 5.74) is -0.414. The van der Waals surface area contributed by atoms with Crippen LogP contribution in [0.5, 0.6) is 5.75 Å². The number of aliphatic hydroxyl groups excluding tert-OH is 1. The monoisotopic (exact) mass is 269 g/mol. The summed E-state index contributed by atoms with van der Waals surface area (Å²) in [6, 6.07) is 1.32. The number of hydrogen-bond donors (Lipinski definition) is 2. The Morgan fingerprint density at radius 1 is 1.42 bits per heavy atom. The molecule has 1 aliphatic rings. The minimum Gasteiger partial charge on any atom is -0.502 e. The molecule has 106 valence electrons. The van der Waals surface area contributed by atoms with Crippen LogP contribution < -0.4 is 5.43 Å². The number of rotatable bonds is 5. The molecule has 1 aromatic rings. The minimum atomic E-state index is -0.414. The van der Waals surface area contributed by atoms with E-state index in [0.29, 0.717) is 18.9 Å². The van der Waals surface area contributed by atoms with Crippen molar-refractivity contribution in [2.75, 3.05) is 26.3 Å². The molecule has 0 unspecified atom stereocenters. The van der Waals surface area contributed by atoms with Gasteiger partial charge in [0.15, 0.2) is 5.75 Å². The molecule has 0 saturated carbocycles. The van der Waals surface area contributed by atoms with Crippen LogP contribution in [0.15, 0.2) is 21.5 Å². The Labute approximate surface area is 111 Å². The maximum atomic E-state index is 11.3. The molecule has 0 amide bonds. The van der Waals surface area contributed by atoms with Gasteiger partial charge in [-0.15, -0.1) is 0 Å². The van der Waals surface area contributed by atoms with Gasteiger partial charge < -0.3 is 19.4 Å². The Morgan fingerprint density at radius 3 is 2.79 bits per heavy atom. The first-order chi connectivity index (χ1) is 9.19. The summed E-state index contributed by atoms with van der Waals surface area (Å²) in [5.74, 6) is 0.192. The summed E-state index contributed by atoms with van der Waals surface area (Å²) in [7, 11) is 0. The Kier molecular flexibility index (Phi) is 4.95. The van der Waals surface area contributed by atoms with Crippen LogP contribution in [0.25, 0.3) is 0 Å². The molecule has 0 aromatic carbocycles. The third-order valence-corrected chi connectivity index (χ3v) is 3.23. The quantitative estimate of drug-likeness (QED) is 0.801. The van der Waals surface area contributed by atoms with Crippen molar-refractivity contribution in [3.63, 3.8) is 0 Å². The van der Waals surface area contributed by atoms with Crippen molar-refractivity contribution < 1.29 is 19.4 Å². The fourth-order valence-corrected chi connectivity index (χ4v) is 2.20. The molecule has 1 aromatic heterocycles. The minimum absolute atomic E-state index is 0.0544. The molecular formula is C13H19NO5. The molecule has 6 nitrogen and oxygen atoms in total. The molecule has 6 heteroatoms. The van der Waals surface area contributed by atoms with Gasteiger partial charge in [0.05, 0.1) is 25.9 Å². The highest BCUT2D eigenvalue weighted by molar-refractivity contribution is 5.15. The van der Waals surface area contributed by atoms with E-state index < -0.39 is 5.43 Å². The molecule has 0 radical (unpaired) electrons. The van der Waals surface area contributed by atoms with E-state index in [1.807, 2.05) is 0 Å². The number of aromatic hydroxyl groups is 1. The lowest BCUT2D eigenvalue weighted by Gasteiger charge is -2.31. The average Bonchev–Trinajstić information content (AvgIpc) is 2.42. The Balaban J connectivity index is 1.82. The Bertz CT molecular complexity index is 451. The van der Waals surface area contributed by atoms with Crippen LogP contribution >= 0.6 is 0 Å². The van der Waals surface area contributed by atoms with Crippen LogP contribution in [0.3, 0.4) is 0 Å². The molecule has 0 atom stereocenters. The number of likely N-dealkylation sites (tertiary alicyclic amines) is 1. The number of piperidine rings is 1. The van der Waals surface area contributed by atoms with E-state index in [2.05, 4.69) is 4.90 Å². The molecule has 1 fully saturated rings. The van der Waals surface area contributed by atoms with E-state index in [-0.39, 0.29) is 18.5 Å². The smallest absolute Gasteiger partial charge is 0.226 e. The fraction of sp³-hybridized carbons (Fsp3) is 0.615. The summed E-state index contributed by atoms with van der Waals surface area (Å²) in [6.45, 7) is 2.72. The van der Waals surface area contributed by atoms with Gasteiger partial charge in [-0.3, -0.25) is 9.69 Å². The van der Waals surface area contributed by atoms with Crippen molar-refractivity contribution in [2.24, 2.45) is 0 Å². The van der Waals surface area contributed by atoms with Crippen LogP contribution in [0.4, 0.5) is 0 Å². The fourth-order valence-electron chi connectivity index (χ4n) is 2.20. The largest absolute Gasteiger partial charge is 0.502 e. The molecule has 2 rings (SSSR count). The maximum absolute atomic E-state index is 11.3. The van der Waals surface area contributed by atoms with E-state index in [0.717, 1.165) is 32.2 Å². The van der Waals surface area contributed by atoms with Gasteiger partial charge >= 0.3 is 0 Å². The van der Waals surface area contributed by atoms with Gasteiger partial charge in [-0.05, 0) is 12.8 Å². The van der Waals surface area contributed by atoms with Crippen molar-refractivity contribution in [2.45, 2.75) is 25.5 Å². The number of nitrogens with zero attached hydrogens (tertiary/aromatic N) is 1. The Morgan fingerprint density at radius 2 is 2.16 bits per heavy atom. The molecule has 19 heavy (non-hydrogen) atoms. The van der Waals surface area contributed by atoms with Crippen molar-refractivity contribution in [3.8, 4) is 5.75 Å². The van der Waals surface area contributed by atoms with Crippen LogP contribution in [-0.4, -0.2) is 47.5 Å². The summed E-state index contributed by atoms with van der Waals surface area (Å²) in [5, 5.41) is 17.8. The summed E-state index contributed by atoms with van der Waals surface area (Å²) < 4.78 is 10.7. The van der Waals surface area contributed by atoms with Crippen molar-refractivity contribution in [1.82, 2.24) is 4.90 Å². The lowest BCUT2D eigenvalue weighted by molar-refractivity contribution is -0.01000. The third-order valence-electron chi connectivity index (χ3n) is 3.23. The molecule has 1 aliphatic heterocycles. The first-order valence-electron chi connectivity index (χ1n) is 6.44. The van der Waals surface area contributed by atoms with Gasteiger partial charge in [-0.2, -0.15) is 0 Å². The van der Waals surface area contributed by atoms with Gasteiger partial charge in [0.2, 0.25) is 5.43 Å². The maximum Gasteiger partial charge on any atom is 0.226 e. The SMILES string of the molecule is O=c1cc(CN2CCC(OCCO)CC2)occ1O. The average molecular weight is 269 g/mol. The number of aliphatic hydroxyl groups is 1. The van der Waals surface area contributed by atoms with E-state index in [1.54, 1.807) is 0 Å². The number of hydrogen-bond acceptors (Lipinski definition) is 6. The summed E-state index contributed by atoms with van der Waals surface area (Å²) in [4.78, 5) is 13.5. The highest BCUT2D eigenvalue weighted by atomic mass is 16.5. The predicted molar refractivity (Wildman–Crippen MR) is 68.0 cm³/mol. The van der Waals surface area contributed by atoms with Crippen LogP contribution in [-0.2, 0) is 11.3 Å². The normalized spacial score (nSPS) is 17.7. The standard InChI is InChI=1S/C13H19NO5/c15-5-6-18-10-1-3-14(4-2-10)8-11-7-12(16)13(17)9-19-11/h7,9-10,15,17H,1-6,8H2. The van der Waals surface area contributed by atoms with Crippen molar-refractivity contribution >= 4 is 0 Å². The zero-order valence-electron chi connectivity index (χ0n) is 10.7. The second-order valence-corrected chi connectivity index (χ2v) is 4.67. The molecule has 2 heterocycles. The van der Waals surface area contributed by atoms with Crippen molar-refractivity contribution in [3.05, 3.63) is 28.3 Å². The van der Waals surface area contributed by atoms with Gasteiger partial charge in [0.25, 0.3) is 0 Å². The molecule has 0 spiro atoms. The first kappa shape index (κ1) is 14.0. The van der Waals surface area contributed by atoms with Gasteiger partial charge in [-0.1, -0.05) is 0 Å². The van der Waals surface area contributed by atoms with E-state index >= 15 is 0 Å². The summed E-state index contributed by atoms with van der Waals surface area (Å²) in [6.07, 6.45) is 3.09.